The zero-order valence-electron chi connectivity index (χ0n) is 8.97. The standard InChI is InChI=1S/C11H12ClNO4/c12-8-2-1-3-9(6-8)13(7-11(16)17)5-4-10(14)15/h1-3,6H,4-5,7H2,(H,14,15)(H,16,17). The monoisotopic (exact) mass is 257 g/mol. The molecule has 0 atom stereocenters. The van der Waals surface area contributed by atoms with E-state index in [1.54, 1.807) is 24.3 Å². The van der Waals surface area contributed by atoms with Gasteiger partial charge in [-0.1, -0.05) is 17.7 Å². The molecule has 0 saturated heterocycles. The Kier molecular flexibility index (Phi) is 4.78. The van der Waals surface area contributed by atoms with Gasteiger partial charge >= 0.3 is 11.9 Å². The molecule has 17 heavy (non-hydrogen) atoms. The second-order valence-electron chi connectivity index (χ2n) is 3.44. The summed E-state index contributed by atoms with van der Waals surface area (Å²) in [7, 11) is 0. The highest BCUT2D eigenvalue weighted by Gasteiger charge is 2.12. The Morgan fingerprint density at radius 1 is 1.24 bits per heavy atom. The van der Waals surface area contributed by atoms with Crippen molar-refractivity contribution >= 4 is 29.2 Å². The van der Waals surface area contributed by atoms with Gasteiger partial charge in [0, 0.05) is 17.3 Å². The molecule has 0 aromatic heterocycles. The Bertz CT molecular complexity index is 422. The zero-order chi connectivity index (χ0) is 12.8. The molecule has 0 unspecified atom stereocenters. The topological polar surface area (TPSA) is 77.8 Å². The zero-order valence-corrected chi connectivity index (χ0v) is 9.72. The number of carboxylic acids is 2. The highest BCUT2D eigenvalue weighted by molar-refractivity contribution is 6.30. The van der Waals surface area contributed by atoms with E-state index in [-0.39, 0.29) is 19.5 Å². The predicted molar refractivity (Wildman–Crippen MR) is 63.6 cm³/mol. The highest BCUT2D eigenvalue weighted by Crippen LogP contribution is 2.19. The first-order valence-electron chi connectivity index (χ1n) is 4.93. The van der Waals surface area contributed by atoms with Crippen LogP contribution in [0.3, 0.4) is 0 Å². The summed E-state index contributed by atoms with van der Waals surface area (Å²) in [5.41, 5.74) is 0.598. The van der Waals surface area contributed by atoms with Gasteiger partial charge in [-0.05, 0) is 18.2 Å². The third-order valence-electron chi connectivity index (χ3n) is 2.10. The average molecular weight is 258 g/mol. The number of carboxylic acid groups (broad SMARTS) is 2. The molecule has 0 amide bonds. The molecule has 1 aromatic carbocycles. The smallest absolute Gasteiger partial charge is 0.323 e. The minimum atomic E-state index is -1.02. The maximum absolute atomic E-state index is 10.7. The van der Waals surface area contributed by atoms with Crippen LogP contribution in [0.15, 0.2) is 24.3 Å². The molecule has 0 bridgehead atoms. The third kappa shape index (κ3) is 4.74. The van der Waals surface area contributed by atoms with Crippen molar-refractivity contribution in [1.82, 2.24) is 0 Å². The molecule has 0 fully saturated rings. The van der Waals surface area contributed by atoms with Crippen molar-refractivity contribution in [3.05, 3.63) is 29.3 Å². The summed E-state index contributed by atoms with van der Waals surface area (Å²) in [4.78, 5) is 22.6. The molecular formula is C11H12ClNO4. The van der Waals surface area contributed by atoms with Crippen molar-refractivity contribution in [3.63, 3.8) is 0 Å². The van der Waals surface area contributed by atoms with Gasteiger partial charge in [-0.25, -0.2) is 0 Å². The van der Waals surface area contributed by atoms with Crippen LogP contribution in [0.5, 0.6) is 0 Å². The van der Waals surface area contributed by atoms with Crippen LogP contribution < -0.4 is 4.90 Å². The summed E-state index contributed by atoms with van der Waals surface area (Å²) in [6, 6.07) is 6.65. The van der Waals surface area contributed by atoms with Gasteiger partial charge < -0.3 is 15.1 Å². The first kappa shape index (κ1) is 13.3. The Balaban J connectivity index is 2.81. The van der Waals surface area contributed by atoms with Gasteiger partial charge in [0.25, 0.3) is 0 Å². The molecule has 0 radical (unpaired) electrons. The number of hydrogen-bond acceptors (Lipinski definition) is 3. The number of nitrogens with zero attached hydrogens (tertiary/aromatic N) is 1. The van der Waals surface area contributed by atoms with Crippen LogP contribution in [0.1, 0.15) is 6.42 Å². The molecule has 0 heterocycles. The van der Waals surface area contributed by atoms with Crippen molar-refractivity contribution in [3.8, 4) is 0 Å². The first-order chi connectivity index (χ1) is 7.99. The maximum Gasteiger partial charge on any atom is 0.323 e. The normalized spacial score (nSPS) is 9.94. The van der Waals surface area contributed by atoms with Crippen LogP contribution in [-0.4, -0.2) is 35.2 Å². The number of hydrogen-bond donors (Lipinski definition) is 2. The number of benzene rings is 1. The lowest BCUT2D eigenvalue weighted by Gasteiger charge is -2.22. The molecule has 0 aliphatic heterocycles. The summed E-state index contributed by atoms with van der Waals surface area (Å²) in [5.74, 6) is -1.99. The van der Waals surface area contributed by atoms with Crippen molar-refractivity contribution < 1.29 is 19.8 Å². The Morgan fingerprint density at radius 3 is 2.47 bits per heavy atom. The van der Waals surface area contributed by atoms with Crippen LogP contribution in [0.25, 0.3) is 0 Å². The lowest BCUT2D eigenvalue weighted by molar-refractivity contribution is -0.138. The van der Waals surface area contributed by atoms with E-state index >= 15 is 0 Å². The minimum absolute atomic E-state index is 0.125. The maximum atomic E-state index is 10.7. The Labute approximate surface area is 103 Å². The van der Waals surface area contributed by atoms with Gasteiger partial charge in [-0.2, -0.15) is 0 Å². The minimum Gasteiger partial charge on any atom is -0.481 e. The lowest BCUT2D eigenvalue weighted by Crippen LogP contribution is -2.31. The van der Waals surface area contributed by atoms with E-state index in [1.165, 1.54) is 4.90 Å². The van der Waals surface area contributed by atoms with Gasteiger partial charge in [0.1, 0.15) is 6.54 Å². The van der Waals surface area contributed by atoms with Gasteiger partial charge in [0.15, 0.2) is 0 Å². The molecule has 1 rings (SSSR count). The molecule has 6 heteroatoms. The molecule has 2 N–H and O–H groups in total. The summed E-state index contributed by atoms with van der Waals surface area (Å²) in [6.45, 7) is -0.129. The summed E-state index contributed by atoms with van der Waals surface area (Å²) >= 11 is 5.80. The molecular weight excluding hydrogens is 246 g/mol. The van der Waals surface area contributed by atoms with E-state index in [1.807, 2.05) is 0 Å². The van der Waals surface area contributed by atoms with Crippen molar-refractivity contribution in [2.75, 3.05) is 18.0 Å². The number of aliphatic carboxylic acids is 2. The number of anilines is 1. The Hall–Kier alpha value is -1.75. The SMILES string of the molecule is O=C(O)CCN(CC(=O)O)c1cccc(Cl)c1. The second kappa shape index (κ2) is 6.10. The van der Waals surface area contributed by atoms with E-state index in [0.29, 0.717) is 10.7 Å². The molecule has 0 saturated carbocycles. The van der Waals surface area contributed by atoms with Crippen LogP contribution in [0, 0.1) is 0 Å². The van der Waals surface area contributed by atoms with Gasteiger partial charge in [-0.15, -0.1) is 0 Å². The van der Waals surface area contributed by atoms with E-state index in [4.69, 9.17) is 21.8 Å². The number of carbonyl (C=O) groups is 2. The summed E-state index contributed by atoms with van der Waals surface area (Å²) in [6.07, 6.45) is -0.125. The van der Waals surface area contributed by atoms with Gasteiger partial charge in [-0.3, -0.25) is 9.59 Å². The number of halogens is 1. The average Bonchev–Trinajstić information content (AvgIpc) is 2.23. The van der Waals surface area contributed by atoms with E-state index < -0.39 is 11.9 Å². The van der Waals surface area contributed by atoms with E-state index in [2.05, 4.69) is 0 Å². The molecule has 0 spiro atoms. The predicted octanol–water partition coefficient (Wildman–Crippen LogP) is 1.71. The van der Waals surface area contributed by atoms with Crippen molar-refractivity contribution in [2.24, 2.45) is 0 Å². The summed E-state index contributed by atoms with van der Waals surface area (Å²) in [5, 5.41) is 17.8. The fourth-order valence-corrected chi connectivity index (χ4v) is 1.55. The Morgan fingerprint density at radius 2 is 1.94 bits per heavy atom. The highest BCUT2D eigenvalue weighted by atomic mass is 35.5. The third-order valence-corrected chi connectivity index (χ3v) is 2.33. The molecule has 5 nitrogen and oxygen atoms in total. The fraction of sp³-hybridized carbons (Fsp3) is 0.273. The van der Waals surface area contributed by atoms with Crippen LogP contribution in [-0.2, 0) is 9.59 Å². The van der Waals surface area contributed by atoms with Crippen molar-refractivity contribution in [2.45, 2.75) is 6.42 Å². The first-order valence-corrected chi connectivity index (χ1v) is 5.31. The van der Waals surface area contributed by atoms with Crippen LogP contribution in [0.4, 0.5) is 5.69 Å². The largest absolute Gasteiger partial charge is 0.481 e. The number of rotatable bonds is 6. The van der Waals surface area contributed by atoms with E-state index in [9.17, 15) is 9.59 Å². The van der Waals surface area contributed by atoms with Gasteiger partial charge in [0.2, 0.25) is 0 Å². The quantitative estimate of drug-likeness (QED) is 0.811. The van der Waals surface area contributed by atoms with Crippen molar-refractivity contribution in [1.29, 1.82) is 0 Å². The van der Waals surface area contributed by atoms with Crippen LogP contribution >= 0.6 is 11.6 Å². The van der Waals surface area contributed by atoms with Gasteiger partial charge in [0.05, 0.1) is 6.42 Å². The molecule has 1 aromatic rings. The van der Waals surface area contributed by atoms with Crippen LogP contribution in [0.2, 0.25) is 5.02 Å². The molecule has 0 aliphatic carbocycles. The summed E-state index contributed by atoms with van der Waals surface area (Å²) < 4.78 is 0. The lowest BCUT2D eigenvalue weighted by atomic mass is 10.2. The fourth-order valence-electron chi connectivity index (χ4n) is 1.37. The molecule has 0 aliphatic rings. The molecule has 92 valence electrons. The van der Waals surface area contributed by atoms with E-state index in [0.717, 1.165) is 0 Å². The second-order valence-corrected chi connectivity index (χ2v) is 3.88.